The van der Waals surface area contributed by atoms with Crippen molar-refractivity contribution < 1.29 is 9.13 Å². The summed E-state index contributed by atoms with van der Waals surface area (Å²) < 4.78 is 18.9. The molecule has 2 unspecified atom stereocenters. The van der Waals surface area contributed by atoms with Crippen molar-refractivity contribution in [3.05, 3.63) is 29.6 Å². The average Bonchev–Trinajstić information content (AvgIpc) is 2.45. The van der Waals surface area contributed by atoms with E-state index in [2.05, 4.69) is 31.1 Å². The lowest BCUT2D eigenvalue weighted by Crippen LogP contribution is -2.35. The molecule has 0 aliphatic rings. The average molecular weight is 282 g/mol. The molecule has 0 aromatic heterocycles. The molecule has 3 nitrogen and oxygen atoms in total. The van der Waals surface area contributed by atoms with E-state index in [9.17, 15) is 4.39 Å². The summed E-state index contributed by atoms with van der Waals surface area (Å²) in [5.74, 6) is 0.328. The molecule has 0 saturated heterocycles. The Bertz CT molecular complexity index is 411. The van der Waals surface area contributed by atoms with E-state index >= 15 is 0 Å². The zero-order valence-electron chi connectivity index (χ0n) is 13.2. The highest BCUT2D eigenvalue weighted by Crippen LogP contribution is 2.21. The number of methoxy groups -OCH3 is 1. The van der Waals surface area contributed by atoms with E-state index in [1.165, 1.54) is 6.07 Å². The fourth-order valence-corrected chi connectivity index (χ4v) is 2.09. The first kappa shape index (κ1) is 16.9. The minimum Gasteiger partial charge on any atom is -0.497 e. The number of hydrogen-bond donors (Lipinski definition) is 1. The van der Waals surface area contributed by atoms with Crippen molar-refractivity contribution in [2.75, 3.05) is 27.2 Å². The lowest BCUT2D eigenvalue weighted by Gasteiger charge is -2.24. The molecule has 0 aliphatic carbocycles. The van der Waals surface area contributed by atoms with Gasteiger partial charge in [0.2, 0.25) is 0 Å². The van der Waals surface area contributed by atoms with Crippen molar-refractivity contribution in [3.63, 3.8) is 0 Å². The fourth-order valence-electron chi connectivity index (χ4n) is 2.09. The highest BCUT2D eigenvalue weighted by atomic mass is 19.1. The molecule has 0 bridgehead atoms. The van der Waals surface area contributed by atoms with Crippen LogP contribution in [0.1, 0.15) is 38.8 Å². The number of nitrogens with zero attached hydrogens (tertiary/aromatic N) is 1. The second-order valence-electron chi connectivity index (χ2n) is 5.30. The quantitative estimate of drug-likeness (QED) is 0.792. The molecule has 4 heteroatoms. The van der Waals surface area contributed by atoms with Gasteiger partial charge in [0.15, 0.2) is 0 Å². The predicted octanol–water partition coefficient (Wildman–Crippen LogP) is 3.22. The van der Waals surface area contributed by atoms with E-state index in [0.717, 1.165) is 19.5 Å². The van der Waals surface area contributed by atoms with Crippen LogP contribution in [0.3, 0.4) is 0 Å². The largest absolute Gasteiger partial charge is 0.497 e. The lowest BCUT2D eigenvalue weighted by molar-refractivity contribution is 0.249. The Kier molecular flexibility index (Phi) is 6.96. The van der Waals surface area contributed by atoms with Crippen LogP contribution in [0.5, 0.6) is 5.75 Å². The summed E-state index contributed by atoms with van der Waals surface area (Å²) in [6, 6.07) is 5.57. The molecular formula is C16H27FN2O. The van der Waals surface area contributed by atoms with Crippen LogP contribution < -0.4 is 10.1 Å². The minimum absolute atomic E-state index is 0.00811. The Morgan fingerprint density at radius 1 is 1.35 bits per heavy atom. The van der Waals surface area contributed by atoms with Gasteiger partial charge in [0.05, 0.1) is 7.11 Å². The molecular weight excluding hydrogens is 255 g/mol. The summed E-state index contributed by atoms with van der Waals surface area (Å²) in [6.07, 6.45) is 1.14. The maximum Gasteiger partial charge on any atom is 0.131 e. The first-order valence-corrected chi connectivity index (χ1v) is 7.26. The van der Waals surface area contributed by atoms with Gasteiger partial charge in [0.25, 0.3) is 0 Å². The number of likely N-dealkylation sites (N-methyl/N-ethyl adjacent to an activating group) is 1. The summed E-state index contributed by atoms with van der Waals surface area (Å²) >= 11 is 0. The highest BCUT2D eigenvalue weighted by molar-refractivity contribution is 5.30. The third kappa shape index (κ3) is 4.76. The molecule has 20 heavy (non-hydrogen) atoms. The zero-order chi connectivity index (χ0) is 15.1. The smallest absolute Gasteiger partial charge is 0.131 e. The molecule has 1 aromatic rings. The molecule has 114 valence electrons. The standard InChI is InChI=1S/C16H27FN2O/c1-6-12(2)19(4)10-9-18-13(3)15-8-7-14(20-5)11-16(15)17/h7-8,11-13,18H,6,9-10H2,1-5H3. The van der Waals surface area contributed by atoms with Crippen LogP contribution in [0.2, 0.25) is 0 Å². The Balaban J connectivity index is 2.49. The third-order valence-corrected chi connectivity index (χ3v) is 3.93. The molecule has 0 amide bonds. The van der Waals surface area contributed by atoms with E-state index in [-0.39, 0.29) is 11.9 Å². The van der Waals surface area contributed by atoms with Gasteiger partial charge >= 0.3 is 0 Å². The van der Waals surface area contributed by atoms with Gasteiger partial charge < -0.3 is 15.0 Å². The van der Waals surface area contributed by atoms with Gasteiger partial charge in [-0.2, -0.15) is 0 Å². The van der Waals surface area contributed by atoms with Crippen molar-refractivity contribution in [2.45, 2.75) is 39.3 Å². The summed E-state index contributed by atoms with van der Waals surface area (Å²) in [7, 11) is 3.66. The van der Waals surface area contributed by atoms with Crippen molar-refractivity contribution >= 4 is 0 Å². The third-order valence-electron chi connectivity index (χ3n) is 3.93. The summed E-state index contributed by atoms with van der Waals surface area (Å²) in [5, 5.41) is 3.36. The number of halogens is 1. The van der Waals surface area contributed by atoms with Crippen LogP contribution in [0, 0.1) is 5.82 Å². The molecule has 2 atom stereocenters. The van der Waals surface area contributed by atoms with E-state index in [0.29, 0.717) is 17.4 Å². The van der Waals surface area contributed by atoms with Crippen LogP contribution in [0.25, 0.3) is 0 Å². The molecule has 0 heterocycles. The van der Waals surface area contributed by atoms with Gasteiger partial charge in [-0.1, -0.05) is 13.0 Å². The van der Waals surface area contributed by atoms with Crippen molar-refractivity contribution in [1.82, 2.24) is 10.2 Å². The van der Waals surface area contributed by atoms with Crippen LogP contribution in [0.15, 0.2) is 18.2 Å². The monoisotopic (exact) mass is 282 g/mol. The second-order valence-corrected chi connectivity index (χ2v) is 5.30. The summed E-state index contributed by atoms with van der Waals surface area (Å²) in [5.41, 5.74) is 0.678. The molecule has 1 aromatic carbocycles. The molecule has 0 aliphatic heterocycles. The van der Waals surface area contributed by atoms with Gasteiger partial charge in [-0.15, -0.1) is 0 Å². The molecule has 1 N–H and O–H groups in total. The van der Waals surface area contributed by atoms with Crippen molar-refractivity contribution in [1.29, 1.82) is 0 Å². The topological polar surface area (TPSA) is 24.5 Å². The summed E-state index contributed by atoms with van der Waals surface area (Å²) in [6.45, 7) is 8.18. The predicted molar refractivity (Wildman–Crippen MR) is 81.8 cm³/mol. The SMILES string of the molecule is CCC(C)N(C)CCNC(C)c1ccc(OC)cc1F. The van der Waals surface area contributed by atoms with Gasteiger partial charge in [-0.25, -0.2) is 4.39 Å². The van der Waals surface area contributed by atoms with Gasteiger partial charge in [-0.05, 0) is 33.4 Å². The molecule has 0 fully saturated rings. The number of ether oxygens (including phenoxy) is 1. The van der Waals surface area contributed by atoms with Crippen LogP contribution in [-0.4, -0.2) is 38.2 Å². The summed E-state index contributed by atoms with van der Waals surface area (Å²) in [4.78, 5) is 2.31. The zero-order valence-corrected chi connectivity index (χ0v) is 13.2. The van der Waals surface area contributed by atoms with Gasteiger partial charge in [-0.3, -0.25) is 0 Å². The Hall–Kier alpha value is -1.13. The molecule has 0 radical (unpaired) electrons. The number of hydrogen-bond acceptors (Lipinski definition) is 3. The number of benzene rings is 1. The van der Waals surface area contributed by atoms with Gasteiger partial charge in [0.1, 0.15) is 11.6 Å². The van der Waals surface area contributed by atoms with Crippen molar-refractivity contribution in [2.24, 2.45) is 0 Å². The Morgan fingerprint density at radius 3 is 2.60 bits per heavy atom. The number of rotatable bonds is 8. The lowest BCUT2D eigenvalue weighted by atomic mass is 10.1. The second kappa shape index (κ2) is 8.22. The van der Waals surface area contributed by atoms with Gasteiger partial charge in [0, 0.05) is 36.8 Å². The number of nitrogens with one attached hydrogen (secondary N) is 1. The Morgan fingerprint density at radius 2 is 2.05 bits per heavy atom. The minimum atomic E-state index is -0.223. The first-order chi connectivity index (χ1) is 9.49. The van der Waals surface area contributed by atoms with Crippen LogP contribution in [-0.2, 0) is 0 Å². The molecule has 1 rings (SSSR count). The van der Waals surface area contributed by atoms with E-state index in [1.807, 2.05) is 6.92 Å². The molecule has 0 spiro atoms. The van der Waals surface area contributed by atoms with E-state index in [1.54, 1.807) is 19.2 Å². The first-order valence-electron chi connectivity index (χ1n) is 7.26. The van der Waals surface area contributed by atoms with Crippen molar-refractivity contribution in [3.8, 4) is 5.75 Å². The normalized spacial score (nSPS) is 14.3. The van der Waals surface area contributed by atoms with Crippen LogP contribution >= 0.6 is 0 Å². The van der Waals surface area contributed by atoms with E-state index in [4.69, 9.17) is 4.74 Å². The maximum absolute atomic E-state index is 13.9. The van der Waals surface area contributed by atoms with E-state index < -0.39 is 0 Å². The molecule has 0 saturated carbocycles. The Labute approximate surface area is 122 Å². The highest BCUT2D eigenvalue weighted by Gasteiger charge is 2.12. The van der Waals surface area contributed by atoms with Crippen LogP contribution in [0.4, 0.5) is 4.39 Å². The maximum atomic E-state index is 13.9. The fraction of sp³-hybridized carbons (Fsp3) is 0.625.